The van der Waals surface area contributed by atoms with Crippen molar-refractivity contribution in [3.05, 3.63) is 10.7 Å². The first-order valence-corrected chi connectivity index (χ1v) is 4.05. The smallest absolute Gasteiger partial charge is 0.179 e. The summed E-state index contributed by atoms with van der Waals surface area (Å²) < 4.78 is 0. The maximum atomic E-state index is 10.5. The second kappa shape index (κ2) is 2.41. The van der Waals surface area contributed by atoms with Crippen molar-refractivity contribution in [3.63, 3.8) is 0 Å². The van der Waals surface area contributed by atoms with Gasteiger partial charge in [0.25, 0.3) is 0 Å². The van der Waals surface area contributed by atoms with E-state index in [1.807, 2.05) is 0 Å². The maximum Gasteiger partial charge on any atom is 0.179 e. The molecule has 0 N–H and O–H groups in total. The van der Waals surface area contributed by atoms with Crippen LogP contribution in [0.15, 0.2) is 9.98 Å². The molecule has 1 aromatic heterocycles. The zero-order valence-corrected chi connectivity index (χ0v) is 7.01. The summed E-state index contributed by atoms with van der Waals surface area (Å²) >= 11 is 0. The summed E-state index contributed by atoms with van der Waals surface area (Å²) in [5.41, 5.74) is 0.354. The van der Waals surface area contributed by atoms with Crippen LogP contribution in [0.4, 0.5) is 11.6 Å². The fourth-order valence-electron chi connectivity index (χ4n) is 1.36. The van der Waals surface area contributed by atoms with Crippen molar-refractivity contribution in [1.29, 1.82) is 0 Å². The highest BCUT2D eigenvalue weighted by Crippen LogP contribution is 2.07. The van der Waals surface area contributed by atoms with Gasteiger partial charge in [-0.15, -0.1) is 0 Å². The van der Waals surface area contributed by atoms with Crippen LogP contribution in [0.3, 0.4) is 0 Å². The molecule has 3 rings (SSSR count). The van der Waals surface area contributed by atoms with E-state index >= 15 is 0 Å². The molecule has 5 heteroatoms. The second-order valence-corrected chi connectivity index (χ2v) is 2.88. The number of aliphatic imine (C=N–C) groups is 2. The molecule has 0 saturated carbocycles. The lowest BCUT2D eigenvalue weighted by molar-refractivity contribution is -0.102. The standard InChI is InChI=1S/C9H4N4O/c14-4-5-3-7-9(11-5)12-6-1-2-10-8(6)13-7/h1-4H. The van der Waals surface area contributed by atoms with Crippen LogP contribution in [0.1, 0.15) is 0 Å². The highest BCUT2D eigenvalue weighted by Gasteiger charge is 2.11. The first-order valence-electron chi connectivity index (χ1n) is 4.05. The van der Waals surface area contributed by atoms with Gasteiger partial charge in [0.2, 0.25) is 0 Å². The Labute approximate surface area is 78.3 Å². The second-order valence-electron chi connectivity index (χ2n) is 2.88. The summed E-state index contributed by atoms with van der Waals surface area (Å²) in [5, 5.41) is 1.31. The molecule has 5 nitrogen and oxygen atoms in total. The third-order valence-corrected chi connectivity index (χ3v) is 1.98. The molecule has 2 aliphatic heterocycles. The summed E-state index contributed by atoms with van der Waals surface area (Å²) in [5.74, 6) is 1.08. The largest absolute Gasteiger partial charge is 0.296 e. The van der Waals surface area contributed by atoms with Crippen LogP contribution in [0.2, 0.25) is 0 Å². The van der Waals surface area contributed by atoms with Gasteiger partial charge in [-0.1, -0.05) is 0 Å². The molecule has 66 valence electrons. The average molecular weight is 184 g/mol. The van der Waals surface area contributed by atoms with Crippen LogP contribution in [-0.2, 0) is 4.79 Å². The van der Waals surface area contributed by atoms with Crippen molar-refractivity contribution in [3.8, 4) is 0 Å². The fraction of sp³-hybridized carbons (Fsp3) is 0. The molecule has 0 aliphatic carbocycles. The predicted molar refractivity (Wildman–Crippen MR) is 51.5 cm³/mol. The Kier molecular flexibility index (Phi) is 1.25. The quantitative estimate of drug-likeness (QED) is 0.528. The minimum absolute atomic E-state index is 0.354. The number of aldehydes is 1. The monoisotopic (exact) mass is 184 g/mol. The Bertz CT molecular complexity index is 612. The molecule has 3 heterocycles. The van der Waals surface area contributed by atoms with E-state index in [0.717, 1.165) is 0 Å². The van der Waals surface area contributed by atoms with E-state index in [1.54, 1.807) is 18.4 Å². The number of carbonyl (C=O) groups excluding carboxylic acids is 1. The highest BCUT2D eigenvalue weighted by atomic mass is 16.1. The summed E-state index contributed by atoms with van der Waals surface area (Å²) in [6, 6.07) is 0. The Hall–Kier alpha value is -2.17. The van der Waals surface area contributed by atoms with Crippen LogP contribution in [0.5, 0.6) is 0 Å². The molecular formula is C9H4N4O. The van der Waals surface area contributed by atoms with Gasteiger partial charge in [0, 0.05) is 6.21 Å². The average Bonchev–Trinajstić information content (AvgIpc) is 2.77. The highest BCUT2D eigenvalue weighted by molar-refractivity contribution is 6.43. The number of hydrogen-bond donors (Lipinski definition) is 0. The zero-order valence-electron chi connectivity index (χ0n) is 7.01. The van der Waals surface area contributed by atoms with Crippen molar-refractivity contribution in [2.45, 2.75) is 0 Å². The Balaban J connectivity index is 2.34. The van der Waals surface area contributed by atoms with E-state index in [0.29, 0.717) is 34.3 Å². The maximum absolute atomic E-state index is 10.5. The summed E-state index contributed by atoms with van der Waals surface area (Å²) in [6.45, 7) is 0. The minimum Gasteiger partial charge on any atom is -0.296 e. The van der Waals surface area contributed by atoms with Crippen LogP contribution >= 0.6 is 0 Å². The molecule has 0 unspecified atom stereocenters. The molecular weight excluding hydrogens is 180 g/mol. The van der Waals surface area contributed by atoms with Crippen LogP contribution in [-0.4, -0.2) is 28.2 Å². The van der Waals surface area contributed by atoms with E-state index < -0.39 is 0 Å². The van der Waals surface area contributed by atoms with Gasteiger partial charge in [-0.25, -0.2) is 20.0 Å². The number of carbonyl (C=O) groups is 1. The first-order chi connectivity index (χ1) is 6.86. The zero-order chi connectivity index (χ0) is 9.54. The van der Waals surface area contributed by atoms with Crippen molar-refractivity contribution < 1.29 is 4.79 Å². The Morgan fingerprint density at radius 1 is 1.14 bits per heavy atom. The summed E-state index contributed by atoms with van der Waals surface area (Å²) in [6.07, 6.45) is 5.69. The van der Waals surface area contributed by atoms with Crippen LogP contribution < -0.4 is 10.7 Å². The van der Waals surface area contributed by atoms with Crippen LogP contribution in [0.25, 0.3) is 12.2 Å². The number of hydrogen-bond acceptors (Lipinski definition) is 5. The normalized spacial score (nSPS) is 15.3. The molecule has 2 aliphatic rings. The number of fused-ring (bicyclic) bond motifs is 2. The molecule has 0 atom stereocenters. The van der Waals surface area contributed by atoms with E-state index in [-0.39, 0.29) is 0 Å². The molecule has 0 amide bonds. The Morgan fingerprint density at radius 2 is 2.00 bits per heavy atom. The van der Waals surface area contributed by atoms with Gasteiger partial charge in [0.1, 0.15) is 16.4 Å². The molecule has 0 fully saturated rings. The minimum atomic E-state index is 0.354. The van der Waals surface area contributed by atoms with Crippen molar-refractivity contribution in [2.24, 2.45) is 9.98 Å². The van der Waals surface area contributed by atoms with Gasteiger partial charge >= 0.3 is 0 Å². The van der Waals surface area contributed by atoms with Gasteiger partial charge in [-0.2, -0.15) is 0 Å². The molecule has 1 aromatic rings. The molecule has 14 heavy (non-hydrogen) atoms. The van der Waals surface area contributed by atoms with E-state index in [9.17, 15) is 4.79 Å². The number of rotatable bonds is 1. The third-order valence-electron chi connectivity index (χ3n) is 1.98. The lowest BCUT2D eigenvalue weighted by Gasteiger charge is -1.91. The van der Waals surface area contributed by atoms with Gasteiger partial charge in [-0.05, 0) is 12.2 Å². The van der Waals surface area contributed by atoms with Gasteiger partial charge in [0.15, 0.2) is 17.9 Å². The Morgan fingerprint density at radius 3 is 2.86 bits per heavy atom. The van der Waals surface area contributed by atoms with Gasteiger partial charge in [0.05, 0.1) is 0 Å². The molecule has 0 saturated heterocycles. The molecule has 0 aromatic carbocycles. The SMILES string of the molecule is O=CC1=Nc2nc3c(nc2=C1)N=CC=3. The molecule has 0 radical (unpaired) electrons. The van der Waals surface area contributed by atoms with Crippen LogP contribution in [0, 0.1) is 0 Å². The number of aromatic nitrogens is 2. The lowest BCUT2D eigenvalue weighted by Crippen LogP contribution is -2.16. The first kappa shape index (κ1) is 7.25. The van der Waals surface area contributed by atoms with E-state index in [1.165, 1.54) is 0 Å². The molecule has 0 spiro atoms. The van der Waals surface area contributed by atoms with Crippen molar-refractivity contribution >= 4 is 42.0 Å². The predicted octanol–water partition coefficient (Wildman–Crippen LogP) is -0.962. The third kappa shape index (κ3) is 0.861. The summed E-state index contributed by atoms with van der Waals surface area (Å²) in [7, 11) is 0. The summed E-state index contributed by atoms with van der Waals surface area (Å²) in [4.78, 5) is 26.9. The van der Waals surface area contributed by atoms with Gasteiger partial charge < -0.3 is 0 Å². The van der Waals surface area contributed by atoms with E-state index in [4.69, 9.17) is 0 Å². The number of nitrogens with zero attached hydrogens (tertiary/aromatic N) is 4. The van der Waals surface area contributed by atoms with Crippen molar-refractivity contribution in [1.82, 2.24) is 9.97 Å². The van der Waals surface area contributed by atoms with E-state index in [2.05, 4.69) is 20.0 Å². The van der Waals surface area contributed by atoms with Gasteiger partial charge in [-0.3, -0.25) is 4.79 Å². The topological polar surface area (TPSA) is 67.6 Å². The fourth-order valence-corrected chi connectivity index (χ4v) is 1.36. The van der Waals surface area contributed by atoms with Crippen molar-refractivity contribution in [2.75, 3.05) is 0 Å². The molecule has 0 bridgehead atoms. The lowest BCUT2D eigenvalue weighted by atomic mass is 10.4.